The van der Waals surface area contributed by atoms with Gasteiger partial charge in [-0.25, -0.2) is 13.1 Å². The minimum atomic E-state index is -3.58. The summed E-state index contributed by atoms with van der Waals surface area (Å²) in [6.07, 6.45) is 1.61. The molecule has 1 aliphatic heterocycles. The standard InChI is InChI=1S/C19H26N2O4S/c1-15(2)16-5-7-17(8-6-16)26(22,23)20-14-18(19-4-3-11-25-19)21-9-12-24-13-10-21/h3-8,11,15,18,20H,9-10,12-14H2,1-2H3. The topological polar surface area (TPSA) is 71.8 Å². The van der Waals surface area contributed by atoms with Crippen molar-refractivity contribution in [1.29, 1.82) is 0 Å². The number of nitrogens with zero attached hydrogens (tertiary/aromatic N) is 1. The Morgan fingerprint density at radius 2 is 1.81 bits per heavy atom. The van der Waals surface area contributed by atoms with Gasteiger partial charge in [0.15, 0.2) is 0 Å². The largest absolute Gasteiger partial charge is 0.468 e. The monoisotopic (exact) mass is 378 g/mol. The van der Waals surface area contributed by atoms with E-state index in [9.17, 15) is 8.42 Å². The SMILES string of the molecule is CC(C)c1ccc(S(=O)(=O)NCC(c2ccco2)N2CCOCC2)cc1. The van der Waals surface area contributed by atoms with Gasteiger partial charge in [0.05, 0.1) is 30.4 Å². The number of hydrogen-bond acceptors (Lipinski definition) is 5. The van der Waals surface area contributed by atoms with Crippen LogP contribution in [0.2, 0.25) is 0 Å². The van der Waals surface area contributed by atoms with Crippen LogP contribution in [-0.4, -0.2) is 46.2 Å². The molecule has 0 radical (unpaired) electrons. The molecule has 1 fully saturated rings. The van der Waals surface area contributed by atoms with Crippen molar-refractivity contribution >= 4 is 10.0 Å². The Kier molecular flexibility index (Phi) is 6.13. The molecule has 1 atom stereocenters. The summed E-state index contributed by atoms with van der Waals surface area (Å²) in [4.78, 5) is 2.47. The lowest BCUT2D eigenvalue weighted by Crippen LogP contribution is -2.43. The van der Waals surface area contributed by atoms with Crippen LogP contribution in [0.3, 0.4) is 0 Å². The van der Waals surface area contributed by atoms with Crippen molar-refractivity contribution in [3.8, 4) is 0 Å². The summed E-state index contributed by atoms with van der Waals surface area (Å²) in [6.45, 7) is 7.19. The summed E-state index contributed by atoms with van der Waals surface area (Å²) in [5, 5.41) is 0. The van der Waals surface area contributed by atoms with Crippen molar-refractivity contribution in [2.24, 2.45) is 0 Å². The number of sulfonamides is 1. The number of morpholine rings is 1. The predicted octanol–water partition coefficient (Wildman–Crippen LogP) is 2.75. The summed E-state index contributed by atoms with van der Waals surface area (Å²) in [5.74, 6) is 1.12. The zero-order chi connectivity index (χ0) is 18.6. The Morgan fingerprint density at radius 3 is 2.38 bits per heavy atom. The van der Waals surface area contributed by atoms with Crippen LogP contribution in [0.1, 0.15) is 37.1 Å². The molecule has 2 heterocycles. The summed E-state index contributed by atoms with van der Waals surface area (Å²) in [5.41, 5.74) is 1.12. The van der Waals surface area contributed by atoms with Crippen LogP contribution in [0.5, 0.6) is 0 Å². The highest BCUT2D eigenvalue weighted by molar-refractivity contribution is 7.89. The quantitative estimate of drug-likeness (QED) is 0.802. The van der Waals surface area contributed by atoms with Crippen molar-refractivity contribution in [3.05, 3.63) is 54.0 Å². The van der Waals surface area contributed by atoms with Gasteiger partial charge in [0.25, 0.3) is 0 Å². The van der Waals surface area contributed by atoms with Gasteiger partial charge < -0.3 is 9.15 Å². The number of rotatable bonds is 7. The van der Waals surface area contributed by atoms with Gasteiger partial charge in [-0.1, -0.05) is 26.0 Å². The van der Waals surface area contributed by atoms with Gasteiger partial charge in [-0.2, -0.15) is 0 Å². The molecule has 1 aliphatic rings. The maximum Gasteiger partial charge on any atom is 0.240 e. The third kappa shape index (κ3) is 4.54. The van der Waals surface area contributed by atoms with Crippen molar-refractivity contribution < 1.29 is 17.6 Å². The molecule has 0 bridgehead atoms. The van der Waals surface area contributed by atoms with Gasteiger partial charge in [-0.3, -0.25) is 4.90 Å². The van der Waals surface area contributed by atoms with Crippen LogP contribution in [0, 0.1) is 0 Å². The van der Waals surface area contributed by atoms with Gasteiger partial charge >= 0.3 is 0 Å². The lowest BCUT2D eigenvalue weighted by Gasteiger charge is -2.33. The first kappa shape index (κ1) is 19.1. The molecule has 7 heteroatoms. The molecule has 1 saturated heterocycles. The van der Waals surface area contributed by atoms with Crippen LogP contribution in [-0.2, 0) is 14.8 Å². The second kappa shape index (κ2) is 8.35. The Bertz CT molecular complexity index is 779. The van der Waals surface area contributed by atoms with Crippen LogP contribution in [0.25, 0.3) is 0 Å². The van der Waals surface area contributed by atoms with E-state index in [0.29, 0.717) is 19.1 Å². The predicted molar refractivity (Wildman–Crippen MR) is 99.6 cm³/mol. The Labute approximate surface area is 155 Å². The normalized spacial score (nSPS) is 17.5. The molecule has 1 unspecified atom stereocenters. The van der Waals surface area contributed by atoms with E-state index in [1.165, 1.54) is 0 Å². The Hall–Kier alpha value is -1.67. The van der Waals surface area contributed by atoms with E-state index in [-0.39, 0.29) is 17.5 Å². The van der Waals surface area contributed by atoms with Gasteiger partial charge in [0.2, 0.25) is 10.0 Å². The number of furan rings is 1. The molecule has 1 aromatic heterocycles. The molecule has 0 amide bonds. The van der Waals surface area contributed by atoms with E-state index < -0.39 is 10.0 Å². The zero-order valence-corrected chi connectivity index (χ0v) is 16.0. The van der Waals surface area contributed by atoms with E-state index in [2.05, 4.69) is 23.5 Å². The Balaban J connectivity index is 1.73. The van der Waals surface area contributed by atoms with E-state index in [0.717, 1.165) is 24.4 Å². The third-order valence-corrected chi connectivity index (χ3v) is 6.12. The van der Waals surface area contributed by atoms with Crippen molar-refractivity contribution in [2.45, 2.75) is 30.7 Å². The number of ether oxygens (including phenoxy) is 1. The molecule has 2 aromatic rings. The summed E-state index contributed by atoms with van der Waals surface area (Å²) >= 11 is 0. The van der Waals surface area contributed by atoms with E-state index in [1.807, 2.05) is 24.3 Å². The number of hydrogen-bond donors (Lipinski definition) is 1. The number of nitrogens with one attached hydrogen (secondary N) is 1. The average Bonchev–Trinajstić information content (AvgIpc) is 3.17. The van der Waals surface area contributed by atoms with Crippen LogP contribution < -0.4 is 4.72 Å². The van der Waals surface area contributed by atoms with Gasteiger partial charge in [0, 0.05) is 19.6 Å². The summed E-state index contributed by atoms with van der Waals surface area (Å²) in [6, 6.07) is 10.6. The van der Waals surface area contributed by atoms with Gasteiger partial charge in [-0.15, -0.1) is 0 Å². The first-order valence-electron chi connectivity index (χ1n) is 8.92. The van der Waals surface area contributed by atoms with E-state index in [1.54, 1.807) is 18.4 Å². The molecule has 142 valence electrons. The lowest BCUT2D eigenvalue weighted by molar-refractivity contribution is 0.0128. The second-order valence-electron chi connectivity index (χ2n) is 6.76. The van der Waals surface area contributed by atoms with Crippen LogP contribution in [0.15, 0.2) is 52.0 Å². The lowest BCUT2D eigenvalue weighted by atomic mass is 10.0. The fourth-order valence-electron chi connectivity index (χ4n) is 3.08. The van der Waals surface area contributed by atoms with Gasteiger partial charge in [-0.05, 0) is 35.7 Å². The molecule has 1 aromatic carbocycles. The first-order chi connectivity index (χ1) is 12.5. The fraction of sp³-hybridized carbons (Fsp3) is 0.474. The third-order valence-electron chi connectivity index (χ3n) is 4.68. The van der Waals surface area contributed by atoms with Crippen LogP contribution in [0.4, 0.5) is 0 Å². The van der Waals surface area contributed by atoms with E-state index in [4.69, 9.17) is 9.15 Å². The molecule has 26 heavy (non-hydrogen) atoms. The summed E-state index contributed by atoms with van der Waals surface area (Å²) < 4.78 is 39.1. The van der Waals surface area contributed by atoms with Gasteiger partial charge in [0.1, 0.15) is 5.76 Å². The minimum Gasteiger partial charge on any atom is -0.468 e. The van der Waals surface area contributed by atoms with Crippen LogP contribution >= 0.6 is 0 Å². The fourth-order valence-corrected chi connectivity index (χ4v) is 4.12. The molecular formula is C19H26N2O4S. The molecule has 0 saturated carbocycles. The van der Waals surface area contributed by atoms with Crippen molar-refractivity contribution in [2.75, 3.05) is 32.8 Å². The molecule has 1 N–H and O–H groups in total. The molecule has 3 rings (SSSR count). The average molecular weight is 378 g/mol. The minimum absolute atomic E-state index is 0.154. The molecular weight excluding hydrogens is 352 g/mol. The highest BCUT2D eigenvalue weighted by atomic mass is 32.2. The second-order valence-corrected chi connectivity index (χ2v) is 8.52. The highest BCUT2D eigenvalue weighted by Crippen LogP contribution is 2.23. The first-order valence-corrected chi connectivity index (χ1v) is 10.4. The molecule has 0 aliphatic carbocycles. The van der Waals surface area contributed by atoms with Crippen molar-refractivity contribution in [1.82, 2.24) is 9.62 Å². The molecule has 6 nitrogen and oxygen atoms in total. The Morgan fingerprint density at radius 1 is 1.12 bits per heavy atom. The molecule has 0 spiro atoms. The zero-order valence-electron chi connectivity index (χ0n) is 15.2. The number of benzene rings is 1. The smallest absolute Gasteiger partial charge is 0.240 e. The van der Waals surface area contributed by atoms with Crippen molar-refractivity contribution in [3.63, 3.8) is 0 Å². The van der Waals surface area contributed by atoms with E-state index >= 15 is 0 Å². The maximum absolute atomic E-state index is 12.7. The maximum atomic E-state index is 12.7. The highest BCUT2D eigenvalue weighted by Gasteiger charge is 2.26. The summed E-state index contributed by atoms with van der Waals surface area (Å²) in [7, 11) is -3.58.